The fraction of sp³-hybridized carbons (Fsp3) is 1.00. The summed E-state index contributed by atoms with van der Waals surface area (Å²) in [6.07, 6.45) is -11.1. The highest BCUT2D eigenvalue weighted by Gasteiger charge is 2.97. The maximum Gasteiger partial charge on any atom is 0.460 e. The van der Waals surface area contributed by atoms with E-state index in [1.807, 2.05) is 0 Å². The normalized spacial score (nSPS) is 16.8. The van der Waals surface area contributed by atoms with Crippen molar-refractivity contribution in [2.24, 2.45) is 0 Å². The van der Waals surface area contributed by atoms with Crippen molar-refractivity contribution in [1.29, 1.82) is 0 Å². The van der Waals surface area contributed by atoms with Crippen LogP contribution in [-0.2, 0) is 5.11 Å². The van der Waals surface area contributed by atoms with Crippen LogP contribution in [0, 0.1) is 0 Å². The Balaban J connectivity index is 7.01. The van der Waals surface area contributed by atoms with Gasteiger partial charge < -0.3 is 0 Å². The molecule has 22 heteroatoms. The second-order valence-electron chi connectivity index (χ2n) is 6.25. The van der Waals surface area contributed by atoms with Crippen LogP contribution in [0.3, 0.4) is 0 Å². The van der Waals surface area contributed by atoms with E-state index in [9.17, 15) is 97.3 Å². The maximum absolute atomic E-state index is 13.3. The topological polar surface area (TPSA) is 19.9 Å². The first-order valence-electron chi connectivity index (χ1n) is 7.36. The average Bonchev–Trinajstić information content (AvgIpc) is 2.59. The monoisotopic (exact) mass is 563 g/mol. The molecule has 0 aromatic carbocycles. The Bertz CT molecular complexity index is 731. The zero-order valence-corrected chi connectivity index (χ0v) is 14.8. The lowest BCUT2D eigenvalue weighted by atomic mass is 9.86. The van der Waals surface area contributed by atoms with Gasteiger partial charge in [0.15, 0.2) is 0 Å². The van der Waals surface area contributed by atoms with E-state index in [1.54, 1.807) is 0 Å². The molecule has 0 aromatic rings. The molecule has 0 fully saturated rings. The number of rotatable bonds is 10. The summed E-state index contributed by atoms with van der Waals surface area (Å²) in [4.78, 5) is 0. The molecule has 0 bridgehead atoms. The molecule has 0 rings (SSSR count). The summed E-state index contributed by atoms with van der Waals surface area (Å²) in [5.41, 5.74) is 0. The van der Waals surface area contributed by atoms with Gasteiger partial charge in [0.25, 0.3) is 0 Å². The highest BCUT2D eigenvalue weighted by Crippen LogP contribution is 2.66. The molecule has 0 N–H and O–H groups in total. The Morgan fingerprint density at radius 3 is 0.735 bits per heavy atom. The summed E-state index contributed by atoms with van der Waals surface area (Å²) in [5.74, 6) is -77.2. The Kier molecular flexibility index (Phi) is 7.65. The van der Waals surface area contributed by atoms with E-state index >= 15 is 0 Å². The van der Waals surface area contributed by atoms with Crippen molar-refractivity contribution < 1.29 is 97.3 Å². The van der Waals surface area contributed by atoms with Gasteiger partial charge in [0.05, 0.1) is 6.61 Å². The molecule has 34 heavy (non-hydrogen) atoms. The van der Waals surface area contributed by atoms with E-state index in [4.69, 9.17) is 0 Å². The molecule has 205 valence electrons. The Hall–Kier alpha value is -1.51. The second kappa shape index (κ2) is 8.00. The van der Waals surface area contributed by atoms with Gasteiger partial charge >= 0.3 is 59.5 Å². The third-order valence-corrected chi connectivity index (χ3v) is 3.99. The minimum atomic E-state index is -9.19. The van der Waals surface area contributed by atoms with E-state index in [0.717, 1.165) is 0 Å². The van der Waals surface area contributed by atoms with Crippen molar-refractivity contribution in [1.82, 2.24) is 0 Å². The lowest BCUT2D eigenvalue weighted by Crippen LogP contribution is -2.76. The zero-order chi connectivity index (χ0) is 28.4. The third kappa shape index (κ3) is 3.80. The molecule has 0 saturated carbocycles. The second-order valence-corrected chi connectivity index (χ2v) is 6.25. The van der Waals surface area contributed by atoms with Crippen LogP contribution in [0.2, 0.25) is 0 Å². The van der Waals surface area contributed by atoms with E-state index in [2.05, 4.69) is 0 Å². The van der Waals surface area contributed by atoms with Crippen LogP contribution in [0.4, 0.5) is 92.2 Å². The summed E-state index contributed by atoms with van der Waals surface area (Å²) in [6.45, 7) is -2.56. The average molecular weight is 563 g/mol. The van der Waals surface area contributed by atoms with Gasteiger partial charge in [-0.2, -0.15) is 92.2 Å². The van der Waals surface area contributed by atoms with E-state index in [1.165, 1.54) is 0 Å². The Labute approximate surface area is 171 Å². The SMILES string of the molecule is [O]CCC(F)(F)C(F)(F)C(F)(F)C(F)(F)C(F)(F)C(F)(F)C(F)(F)C(F)(F)C(F)(F)C(F)(F)F. The first-order chi connectivity index (χ1) is 14.3. The van der Waals surface area contributed by atoms with Crippen LogP contribution >= 0.6 is 0 Å². The van der Waals surface area contributed by atoms with Crippen LogP contribution in [0.1, 0.15) is 6.42 Å². The number of hydrogen-bond acceptors (Lipinski definition) is 0. The fourth-order valence-corrected chi connectivity index (χ4v) is 1.88. The van der Waals surface area contributed by atoms with Crippen molar-refractivity contribution in [3.8, 4) is 0 Å². The molecule has 0 aliphatic heterocycles. The van der Waals surface area contributed by atoms with Gasteiger partial charge in [-0.15, -0.1) is 0 Å². The molecule has 0 unspecified atom stereocenters. The minimum absolute atomic E-state index is 2.56. The predicted molar refractivity (Wildman–Crippen MR) is 60.7 cm³/mol. The van der Waals surface area contributed by atoms with Crippen molar-refractivity contribution >= 4 is 0 Å². The largest absolute Gasteiger partial charge is 0.460 e. The molecule has 1 radical (unpaired) electrons. The standard InChI is InChI=1S/C12H4F21O/c13-3(14,1-2-34)4(15,16)5(17,18)6(19,20)7(21,22)8(23,24)9(25,26)10(27,28)11(29,30)12(31,32)33/h1-2H2. The van der Waals surface area contributed by atoms with E-state index in [0.29, 0.717) is 0 Å². The number of alkyl halides is 21. The van der Waals surface area contributed by atoms with Crippen molar-refractivity contribution in [2.45, 2.75) is 65.9 Å². The Morgan fingerprint density at radius 1 is 0.324 bits per heavy atom. The smallest absolute Gasteiger partial charge is 0.236 e. The summed E-state index contributed by atoms with van der Waals surface area (Å²) in [7, 11) is 0. The lowest BCUT2D eigenvalue weighted by molar-refractivity contribution is -0.474. The molecular weight excluding hydrogens is 559 g/mol. The van der Waals surface area contributed by atoms with Crippen molar-refractivity contribution in [3.05, 3.63) is 0 Å². The van der Waals surface area contributed by atoms with Gasteiger partial charge in [0.2, 0.25) is 0 Å². The molecule has 0 spiro atoms. The molecule has 0 aromatic heterocycles. The van der Waals surface area contributed by atoms with E-state index in [-0.39, 0.29) is 0 Å². The van der Waals surface area contributed by atoms with Crippen LogP contribution in [0.5, 0.6) is 0 Å². The molecule has 0 saturated heterocycles. The molecule has 1 nitrogen and oxygen atoms in total. The molecular formula is C12H4F21O. The van der Waals surface area contributed by atoms with Crippen molar-refractivity contribution in [3.63, 3.8) is 0 Å². The molecule has 0 atom stereocenters. The van der Waals surface area contributed by atoms with Crippen LogP contribution in [-0.4, -0.2) is 66.1 Å². The summed E-state index contributed by atoms with van der Waals surface area (Å²) < 4.78 is 271. The van der Waals surface area contributed by atoms with Gasteiger partial charge in [-0.3, -0.25) is 0 Å². The van der Waals surface area contributed by atoms with Crippen LogP contribution in [0.15, 0.2) is 0 Å². The van der Waals surface area contributed by atoms with E-state index < -0.39 is 72.5 Å². The summed E-state index contributed by atoms with van der Waals surface area (Å²) >= 11 is 0. The highest BCUT2D eigenvalue weighted by molar-refractivity contribution is 5.17. The minimum Gasteiger partial charge on any atom is -0.236 e. The summed E-state index contributed by atoms with van der Waals surface area (Å²) in [5, 5.41) is 9.88. The van der Waals surface area contributed by atoms with Gasteiger partial charge in [-0.05, 0) is 0 Å². The van der Waals surface area contributed by atoms with Crippen molar-refractivity contribution in [2.75, 3.05) is 6.61 Å². The van der Waals surface area contributed by atoms with Crippen LogP contribution < -0.4 is 0 Å². The predicted octanol–water partition coefficient (Wildman–Crippen LogP) is 7.09. The maximum atomic E-state index is 13.3. The molecule has 0 amide bonds. The van der Waals surface area contributed by atoms with Crippen LogP contribution in [0.25, 0.3) is 0 Å². The van der Waals surface area contributed by atoms with Gasteiger partial charge in [-0.25, -0.2) is 5.11 Å². The Morgan fingerprint density at radius 2 is 0.529 bits per heavy atom. The zero-order valence-electron chi connectivity index (χ0n) is 14.8. The first-order valence-corrected chi connectivity index (χ1v) is 7.36. The summed E-state index contributed by atoms with van der Waals surface area (Å²) in [6, 6.07) is 0. The quantitative estimate of drug-likeness (QED) is 0.253. The molecule has 0 aliphatic carbocycles. The van der Waals surface area contributed by atoms with Gasteiger partial charge in [0, 0.05) is 6.42 Å². The number of halogens is 21. The fourth-order valence-electron chi connectivity index (χ4n) is 1.88. The highest BCUT2D eigenvalue weighted by atomic mass is 19.4. The van der Waals surface area contributed by atoms with Gasteiger partial charge in [-0.1, -0.05) is 0 Å². The number of hydrogen-bond donors (Lipinski definition) is 0. The first kappa shape index (κ1) is 32.5. The molecule has 0 aliphatic rings. The third-order valence-electron chi connectivity index (χ3n) is 3.99. The van der Waals surface area contributed by atoms with Gasteiger partial charge in [0.1, 0.15) is 0 Å². The lowest BCUT2D eigenvalue weighted by Gasteiger charge is -2.44. The molecule has 0 heterocycles.